The van der Waals surface area contributed by atoms with Gasteiger partial charge in [-0.25, -0.2) is 4.79 Å². The average molecular weight is 398 g/mol. The van der Waals surface area contributed by atoms with E-state index in [0.29, 0.717) is 28.1 Å². The number of phenolic OH excluding ortho intramolecular Hbond substituents is 2. The van der Waals surface area contributed by atoms with E-state index < -0.39 is 5.97 Å². The highest BCUT2D eigenvalue weighted by Gasteiger charge is 2.31. The van der Waals surface area contributed by atoms with Crippen molar-refractivity contribution in [1.29, 1.82) is 0 Å². The van der Waals surface area contributed by atoms with E-state index in [2.05, 4.69) is 6.58 Å². The standard InChI is InChI=1S/C21H22N2O6/c1-12-17(22-7-8-22)20(25)13(18(19(12)24)23-9-10-23)11-29-21(26)16-14(27-2)5-4-6-15(16)28-3/h4-6,11,24-25H,1,7-10H2,2-3H3/b13-11+. The lowest BCUT2D eigenvalue weighted by molar-refractivity contribution is 0.0698. The van der Waals surface area contributed by atoms with E-state index in [1.54, 1.807) is 18.2 Å². The Labute approximate surface area is 167 Å². The van der Waals surface area contributed by atoms with E-state index in [1.807, 2.05) is 9.80 Å². The van der Waals surface area contributed by atoms with Crippen LogP contribution < -0.4 is 29.7 Å². The van der Waals surface area contributed by atoms with Crippen molar-refractivity contribution in [3.05, 3.63) is 34.2 Å². The molecular weight excluding hydrogens is 376 g/mol. The Morgan fingerprint density at radius 1 is 1.00 bits per heavy atom. The quantitative estimate of drug-likeness (QED) is 0.419. The van der Waals surface area contributed by atoms with Crippen LogP contribution in [0.4, 0.5) is 11.4 Å². The molecule has 0 unspecified atom stereocenters. The van der Waals surface area contributed by atoms with Crippen LogP contribution in [0, 0.1) is 0 Å². The van der Waals surface area contributed by atoms with Gasteiger partial charge in [0.05, 0.1) is 30.8 Å². The predicted molar refractivity (Wildman–Crippen MR) is 108 cm³/mol. The molecule has 0 aliphatic carbocycles. The van der Waals surface area contributed by atoms with E-state index in [-0.39, 0.29) is 22.3 Å². The van der Waals surface area contributed by atoms with Crippen molar-refractivity contribution < 1.29 is 29.2 Å². The number of benzene rings is 2. The molecule has 152 valence electrons. The fourth-order valence-corrected chi connectivity index (χ4v) is 3.31. The number of phenols is 2. The SMILES string of the molecule is C=c1c(O)c(N2CC2)/c(=C\OC(=O)c2c(OC)cccc2OC)c(O)c1N1CC1. The van der Waals surface area contributed by atoms with Gasteiger partial charge in [0.1, 0.15) is 29.1 Å². The van der Waals surface area contributed by atoms with Crippen LogP contribution in [-0.2, 0) is 4.74 Å². The number of aromatic hydroxyl groups is 2. The number of rotatable bonds is 6. The lowest BCUT2D eigenvalue weighted by atomic mass is 10.1. The lowest BCUT2D eigenvalue weighted by Crippen LogP contribution is -2.21. The van der Waals surface area contributed by atoms with Gasteiger partial charge in [-0.1, -0.05) is 12.6 Å². The Morgan fingerprint density at radius 3 is 2.07 bits per heavy atom. The molecule has 2 aromatic carbocycles. The Morgan fingerprint density at radius 2 is 1.55 bits per heavy atom. The molecule has 0 amide bonds. The minimum Gasteiger partial charge on any atom is -0.505 e. The Kier molecular flexibility index (Phi) is 4.62. The van der Waals surface area contributed by atoms with Crippen LogP contribution in [-0.4, -0.2) is 56.6 Å². The first kappa shape index (κ1) is 18.8. The molecule has 0 radical (unpaired) electrons. The highest BCUT2D eigenvalue weighted by atomic mass is 16.5. The first-order valence-corrected chi connectivity index (χ1v) is 9.16. The molecule has 0 bridgehead atoms. The second-order valence-corrected chi connectivity index (χ2v) is 6.82. The van der Waals surface area contributed by atoms with Crippen molar-refractivity contribution >= 4 is 30.2 Å². The molecule has 2 fully saturated rings. The van der Waals surface area contributed by atoms with E-state index in [0.717, 1.165) is 32.4 Å². The van der Waals surface area contributed by atoms with Gasteiger partial charge in [0.15, 0.2) is 5.75 Å². The van der Waals surface area contributed by atoms with Gasteiger partial charge in [-0.15, -0.1) is 0 Å². The first-order chi connectivity index (χ1) is 14.0. The summed E-state index contributed by atoms with van der Waals surface area (Å²) in [7, 11) is 2.89. The molecule has 2 N–H and O–H groups in total. The highest BCUT2D eigenvalue weighted by Crippen LogP contribution is 2.34. The summed E-state index contributed by atoms with van der Waals surface area (Å²) >= 11 is 0. The zero-order chi connectivity index (χ0) is 20.7. The van der Waals surface area contributed by atoms with E-state index in [1.165, 1.54) is 14.2 Å². The molecule has 2 aliphatic heterocycles. The van der Waals surface area contributed by atoms with Gasteiger partial charge in [0.25, 0.3) is 0 Å². The predicted octanol–water partition coefficient (Wildman–Crippen LogP) is 0.760. The van der Waals surface area contributed by atoms with Gasteiger partial charge >= 0.3 is 5.97 Å². The van der Waals surface area contributed by atoms with Gasteiger partial charge < -0.3 is 34.2 Å². The number of anilines is 2. The monoisotopic (exact) mass is 398 g/mol. The number of carbonyl (C=O) groups is 1. The average Bonchev–Trinajstić information content (AvgIpc) is 3.62. The molecule has 0 spiro atoms. The molecule has 0 saturated carbocycles. The minimum absolute atomic E-state index is 0.0284. The molecule has 29 heavy (non-hydrogen) atoms. The van der Waals surface area contributed by atoms with Crippen LogP contribution in [0.2, 0.25) is 0 Å². The topological polar surface area (TPSA) is 91.2 Å². The molecule has 8 nitrogen and oxygen atoms in total. The van der Waals surface area contributed by atoms with Crippen LogP contribution in [0.15, 0.2) is 18.2 Å². The third-order valence-corrected chi connectivity index (χ3v) is 4.97. The third kappa shape index (κ3) is 3.26. The Balaban J connectivity index is 1.80. The molecular formula is C21H22N2O6. The molecule has 0 atom stereocenters. The van der Waals surface area contributed by atoms with E-state index >= 15 is 0 Å². The number of ether oxygens (including phenoxy) is 3. The maximum atomic E-state index is 12.8. The van der Waals surface area contributed by atoms with Crippen LogP contribution in [0.1, 0.15) is 10.4 Å². The first-order valence-electron chi connectivity index (χ1n) is 9.16. The molecule has 0 aromatic heterocycles. The summed E-state index contributed by atoms with van der Waals surface area (Å²) in [6.45, 7) is 6.88. The van der Waals surface area contributed by atoms with Crippen LogP contribution in [0.5, 0.6) is 23.0 Å². The van der Waals surface area contributed by atoms with Crippen molar-refractivity contribution in [3.63, 3.8) is 0 Å². The normalized spacial score (nSPS) is 15.3. The summed E-state index contributed by atoms with van der Waals surface area (Å²) in [6, 6.07) is 4.95. The maximum absolute atomic E-state index is 12.8. The number of methoxy groups -OCH3 is 2. The van der Waals surface area contributed by atoms with Crippen LogP contribution in [0.3, 0.4) is 0 Å². The third-order valence-electron chi connectivity index (χ3n) is 4.97. The number of hydrogen-bond donors (Lipinski definition) is 2. The summed E-state index contributed by atoms with van der Waals surface area (Å²) in [6.07, 6.45) is 1.16. The number of esters is 1. The number of carbonyl (C=O) groups excluding carboxylic acids is 1. The number of nitrogens with zero attached hydrogens (tertiary/aromatic N) is 2. The Hall–Kier alpha value is -3.55. The molecule has 2 aromatic rings. The fourth-order valence-electron chi connectivity index (χ4n) is 3.31. The Bertz CT molecular complexity index is 1070. The van der Waals surface area contributed by atoms with Gasteiger partial charge in [0, 0.05) is 31.4 Å². The molecule has 4 rings (SSSR count). The number of hydrogen-bond acceptors (Lipinski definition) is 8. The summed E-state index contributed by atoms with van der Waals surface area (Å²) in [5.41, 5.74) is 0.980. The summed E-state index contributed by atoms with van der Waals surface area (Å²) in [4.78, 5) is 16.5. The van der Waals surface area contributed by atoms with E-state index in [4.69, 9.17) is 14.2 Å². The van der Waals surface area contributed by atoms with Crippen molar-refractivity contribution in [3.8, 4) is 23.0 Å². The van der Waals surface area contributed by atoms with Gasteiger partial charge in [-0.05, 0) is 12.1 Å². The molecule has 8 heteroatoms. The van der Waals surface area contributed by atoms with Crippen molar-refractivity contribution in [1.82, 2.24) is 0 Å². The molecule has 2 saturated heterocycles. The van der Waals surface area contributed by atoms with Crippen molar-refractivity contribution in [2.75, 3.05) is 50.2 Å². The van der Waals surface area contributed by atoms with Gasteiger partial charge in [-0.2, -0.15) is 0 Å². The zero-order valence-corrected chi connectivity index (χ0v) is 16.3. The summed E-state index contributed by atoms with van der Waals surface area (Å²) in [5.74, 6) is -0.203. The smallest absolute Gasteiger partial charge is 0.350 e. The summed E-state index contributed by atoms with van der Waals surface area (Å²) < 4.78 is 15.9. The van der Waals surface area contributed by atoms with Gasteiger partial charge in [-0.3, -0.25) is 0 Å². The van der Waals surface area contributed by atoms with Crippen LogP contribution in [0.25, 0.3) is 12.8 Å². The van der Waals surface area contributed by atoms with Crippen LogP contribution >= 0.6 is 0 Å². The second-order valence-electron chi connectivity index (χ2n) is 6.82. The van der Waals surface area contributed by atoms with Crippen molar-refractivity contribution in [2.24, 2.45) is 0 Å². The minimum atomic E-state index is -0.707. The fraction of sp³-hybridized carbons (Fsp3) is 0.286. The van der Waals surface area contributed by atoms with Gasteiger partial charge in [0.2, 0.25) is 0 Å². The second kappa shape index (κ2) is 7.12. The lowest BCUT2D eigenvalue weighted by Gasteiger charge is -2.15. The zero-order valence-electron chi connectivity index (χ0n) is 16.3. The molecule has 2 aliphatic rings. The highest BCUT2D eigenvalue weighted by molar-refractivity contribution is 5.97. The maximum Gasteiger partial charge on any atom is 0.350 e. The molecule has 2 heterocycles. The largest absolute Gasteiger partial charge is 0.505 e. The van der Waals surface area contributed by atoms with E-state index in [9.17, 15) is 15.0 Å². The summed E-state index contributed by atoms with van der Waals surface area (Å²) in [5, 5.41) is 22.1. The van der Waals surface area contributed by atoms with Crippen molar-refractivity contribution in [2.45, 2.75) is 0 Å².